The van der Waals surface area contributed by atoms with Crippen molar-refractivity contribution in [1.82, 2.24) is 0 Å². The number of nitrogens with one attached hydrogen (secondary N) is 1. The zero-order valence-electron chi connectivity index (χ0n) is 11.2. The summed E-state index contributed by atoms with van der Waals surface area (Å²) >= 11 is 6.10. The van der Waals surface area contributed by atoms with Crippen molar-refractivity contribution in [3.8, 4) is 0 Å². The van der Waals surface area contributed by atoms with Crippen LogP contribution >= 0.6 is 11.6 Å². The van der Waals surface area contributed by atoms with Gasteiger partial charge in [-0.1, -0.05) is 41.9 Å². The van der Waals surface area contributed by atoms with E-state index in [1.807, 2.05) is 36.4 Å². The van der Waals surface area contributed by atoms with E-state index in [1.54, 1.807) is 12.1 Å². The Morgan fingerprint density at radius 1 is 1.19 bits per heavy atom. The topological polar surface area (TPSA) is 67.5 Å². The van der Waals surface area contributed by atoms with Crippen molar-refractivity contribution in [1.29, 1.82) is 0 Å². The Bertz CT molecular complexity index is 713. The Morgan fingerprint density at radius 3 is 2.67 bits per heavy atom. The number of rotatable bonds is 2. The molecule has 0 bridgehead atoms. The van der Waals surface area contributed by atoms with Crippen LogP contribution in [0.2, 0.25) is 5.02 Å². The molecule has 3 N–H and O–H groups in total. The fourth-order valence-corrected chi connectivity index (χ4v) is 2.48. The lowest BCUT2D eigenvalue weighted by atomic mass is 10.0. The predicted molar refractivity (Wildman–Crippen MR) is 85.0 cm³/mol. The molecule has 106 valence electrons. The van der Waals surface area contributed by atoms with E-state index in [2.05, 4.69) is 10.3 Å². The van der Waals surface area contributed by atoms with Crippen molar-refractivity contribution in [3.05, 3.63) is 64.7 Å². The van der Waals surface area contributed by atoms with Gasteiger partial charge in [-0.05, 0) is 18.2 Å². The molecule has 21 heavy (non-hydrogen) atoms. The van der Waals surface area contributed by atoms with Crippen molar-refractivity contribution >= 4 is 28.9 Å². The summed E-state index contributed by atoms with van der Waals surface area (Å²) in [5.74, 6) is -0.202. The normalized spacial score (nSPS) is 17.5. The van der Waals surface area contributed by atoms with Gasteiger partial charge in [-0.15, -0.1) is 0 Å². The van der Waals surface area contributed by atoms with Crippen molar-refractivity contribution in [2.45, 2.75) is 6.04 Å². The Labute approximate surface area is 127 Å². The Balaban J connectivity index is 2.22. The number of benzene rings is 2. The van der Waals surface area contributed by atoms with Crippen LogP contribution in [0.4, 0.5) is 5.69 Å². The molecule has 4 nitrogen and oxygen atoms in total. The summed E-state index contributed by atoms with van der Waals surface area (Å²) in [7, 11) is 0. The van der Waals surface area contributed by atoms with E-state index in [0.717, 1.165) is 16.8 Å². The van der Waals surface area contributed by atoms with E-state index in [-0.39, 0.29) is 12.5 Å². The Kier molecular flexibility index (Phi) is 3.73. The Morgan fingerprint density at radius 2 is 1.95 bits per heavy atom. The fraction of sp³-hybridized carbons (Fsp3) is 0.125. The summed E-state index contributed by atoms with van der Waals surface area (Å²) in [6, 6.07) is 14.4. The van der Waals surface area contributed by atoms with Gasteiger partial charge in [-0.25, -0.2) is 0 Å². The fourth-order valence-electron chi connectivity index (χ4n) is 2.31. The maximum Gasteiger partial charge on any atom is 0.250 e. The minimum atomic E-state index is -0.605. The molecule has 3 rings (SSSR count). The summed E-state index contributed by atoms with van der Waals surface area (Å²) in [6.45, 7) is 0.157. The summed E-state index contributed by atoms with van der Waals surface area (Å²) < 4.78 is 0. The van der Waals surface area contributed by atoms with Crippen LogP contribution < -0.4 is 11.1 Å². The lowest BCUT2D eigenvalue weighted by Crippen LogP contribution is -2.32. The molecule has 0 aliphatic carbocycles. The van der Waals surface area contributed by atoms with Gasteiger partial charge in [-0.2, -0.15) is 0 Å². The van der Waals surface area contributed by atoms with Crippen LogP contribution in [0, 0.1) is 0 Å². The second-order valence-electron chi connectivity index (χ2n) is 4.77. The molecule has 1 aliphatic rings. The number of nitrogens with zero attached hydrogens (tertiary/aromatic N) is 1. The molecular formula is C16H14ClN3O. The van der Waals surface area contributed by atoms with Crippen LogP contribution in [0.25, 0.3) is 0 Å². The highest BCUT2D eigenvalue weighted by Crippen LogP contribution is 2.27. The maximum atomic E-state index is 12.1. The SMILES string of the molecule is NCC1N=C(c2ccccc2)c2cc(Cl)ccc2NC1=O. The third-order valence-corrected chi connectivity index (χ3v) is 3.59. The second-order valence-corrected chi connectivity index (χ2v) is 5.21. The number of aliphatic imine (C=N–C) groups is 1. The number of fused-ring (bicyclic) bond motifs is 1. The van der Waals surface area contributed by atoms with Gasteiger partial charge in [0, 0.05) is 22.7 Å². The van der Waals surface area contributed by atoms with E-state index in [4.69, 9.17) is 17.3 Å². The van der Waals surface area contributed by atoms with Crippen LogP contribution in [-0.2, 0) is 4.79 Å². The van der Waals surface area contributed by atoms with Crippen molar-refractivity contribution in [2.24, 2.45) is 10.7 Å². The first-order valence-corrected chi connectivity index (χ1v) is 7.01. The van der Waals surface area contributed by atoms with Crippen molar-refractivity contribution in [3.63, 3.8) is 0 Å². The van der Waals surface area contributed by atoms with Gasteiger partial charge >= 0.3 is 0 Å². The molecular weight excluding hydrogens is 286 g/mol. The van der Waals surface area contributed by atoms with Crippen LogP contribution in [0.5, 0.6) is 0 Å². The minimum absolute atomic E-state index is 0.157. The number of nitrogens with two attached hydrogens (primary N) is 1. The van der Waals surface area contributed by atoms with Gasteiger partial charge < -0.3 is 11.1 Å². The highest BCUT2D eigenvalue weighted by molar-refractivity contribution is 6.32. The van der Waals surface area contributed by atoms with Gasteiger partial charge in [0.25, 0.3) is 5.91 Å². The average Bonchev–Trinajstić information content (AvgIpc) is 2.64. The highest BCUT2D eigenvalue weighted by atomic mass is 35.5. The van der Waals surface area contributed by atoms with Crippen LogP contribution in [0.1, 0.15) is 11.1 Å². The third-order valence-electron chi connectivity index (χ3n) is 3.35. The zero-order chi connectivity index (χ0) is 14.8. The van der Waals surface area contributed by atoms with E-state index < -0.39 is 6.04 Å². The van der Waals surface area contributed by atoms with Gasteiger partial charge in [0.05, 0.1) is 11.4 Å². The minimum Gasteiger partial charge on any atom is -0.328 e. The average molecular weight is 300 g/mol. The van der Waals surface area contributed by atoms with Crippen molar-refractivity contribution < 1.29 is 4.79 Å². The molecule has 1 unspecified atom stereocenters. The van der Waals surface area contributed by atoms with Gasteiger partial charge in [0.15, 0.2) is 0 Å². The third kappa shape index (κ3) is 2.68. The number of hydrogen-bond acceptors (Lipinski definition) is 3. The van der Waals surface area contributed by atoms with Gasteiger partial charge in [0.2, 0.25) is 0 Å². The first-order valence-electron chi connectivity index (χ1n) is 6.63. The summed E-state index contributed by atoms with van der Waals surface area (Å²) in [5.41, 5.74) is 8.83. The molecule has 0 saturated carbocycles. The summed E-state index contributed by atoms with van der Waals surface area (Å²) in [4.78, 5) is 16.7. The standard InChI is InChI=1S/C16H14ClN3O/c17-11-6-7-13-12(8-11)15(10-4-2-1-3-5-10)19-14(9-18)16(21)20-13/h1-8,14H,9,18H2,(H,20,21). The quantitative estimate of drug-likeness (QED) is 0.894. The molecule has 0 fully saturated rings. The lowest BCUT2D eigenvalue weighted by Gasteiger charge is -2.10. The monoisotopic (exact) mass is 299 g/mol. The first kappa shape index (κ1) is 13.8. The molecule has 0 radical (unpaired) electrons. The lowest BCUT2D eigenvalue weighted by molar-refractivity contribution is -0.117. The predicted octanol–water partition coefficient (Wildman–Crippen LogP) is 2.46. The van der Waals surface area contributed by atoms with E-state index >= 15 is 0 Å². The molecule has 1 heterocycles. The summed E-state index contributed by atoms with van der Waals surface area (Å²) in [5, 5.41) is 3.45. The molecule has 0 aromatic heterocycles. The van der Waals surface area contributed by atoms with Crippen molar-refractivity contribution in [2.75, 3.05) is 11.9 Å². The molecule has 1 amide bonds. The van der Waals surface area contributed by atoms with Crippen LogP contribution in [0.3, 0.4) is 0 Å². The molecule has 2 aromatic rings. The largest absolute Gasteiger partial charge is 0.328 e. The molecule has 1 atom stereocenters. The number of carbonyl (C=O) groups excluding carboxylic acids is 1. The molecule has 0 saturated heterocycles. The maximum absolute atomic E-state index is 12.1. The van der Waals surface area contributed by atoms with E-state index in [9.17, 15) is 4.79 Å². The number of benzodiazepines with no additional fused rings is 1. The molecule has 5 heteroatoms. The number of amides is 1. The number of halogens is 1. The number of carbonyl (C=O) groups is 1. The van der Waals surface area contributed by atoms with Gasteiger partial charge in [-0.3, -0.25) is 9.79 Å². The number of anilines is 1. The smallest absolute Gasteiger partial charge is 0.250 e. The molecule has 0 spiro atoms. The van der Waals surface area contributed by atoms with E-state index in [1.165, 1.54) is 0 Å². The first-order chi connectivity index (χ1) is 10.2. The zero-order valence-corrected chi connectivity index (χ0v) is 12.0. The Hall–Kier alpha value is -2.17. The van der Waals surface area contributed by atoms with Crippen LogP contribution in [-0.4, -0.2) is 24.2 Å². The molecule has 1 aliphatic heterocycles. The highest BCUT2D eigenvalue weighted by Gasteiger charge is 2.24. The summed E-state index contributed by atoms with van der Waals surface area (Å²) in [6.07, 6.45) is 0. The van der Waals surface area contributed by atoms with Gasteiger partial charge in [0.1, 0.15) is 6.04 Å². The van der Waals surface area contributed by atoms with Crippen LogP contribution in [0.15, 0.2) is 53.5 Å². The molecule has 2 aromatic carbocycles. The van der Waals surface area contributed by atoms with E-state index in [0.29, 0.717) is 10.7 Å². The number of hydrogen-bond donors (Lipinski definition) is 2. The second kappa shape index (κ2) is 5.68.